The van der Waals surface area contributed by atoms with Crippen molar-refractivity contribution in [3.63, 3.8) is 0 Å². The van der Waals surface area contributed by atoms with Gasteiger partial charge in [0.15, 0.2) is 0 Å². The lowest BCUT2D eigenvalue weighted by atomic mass is 9.71. The molecule has 1 rings (SSSR count). The smallest absolute Gasteiger partial charge is 0.0689 e. The Morgan fingerprint density at radius 3 is 2.50 bits per heavy atom. The van der Waals surface area contributed by atoms with Crippen molar-refractivity contribution in [2.24, 2.45) is 5.41 Å². The summed E-state index contributed by atoms with van der Waals surface area (Å²) in [6, 6.07) is 2.43. The van der Waals surface area contributed by atoms with Crippen LogP contribution in [0.5, 0.6) is 0 Å². The molecule has 1 saturated carbocycles. The van der Waals surface area contributed by atoms with E-state index in [1.54, 1.807) is 0 Å². The fourth-order valence-corrected chi connectivity index (χ4v) is 2.05. The lowest BCUT2D eigenvalue weighted by Gasteiger charge is -2.32. The third kappa shape index (κ3) is 1.98. The molecule has 0 amide bonds. The van der Waals surface area contributed by atoms with Crippen LogP contribution < -0.4 is 0 Å². The van der Waals surface area contributed by atoms with E-state index in [1.165, 1.54) is 0 Å². The van der Waals surface area contributed by atoms with Crippen LogP contribution >= 0.6 is 0 Å². The fourth-order valence-electron chi connectivity index (χ4n) is 2.05. The van der Waals surface area contributed by atoms with E-state index in [4.69, 9.17) is 5.26 Å². The summed E-state index contributed by atoms with van der Waals surface area (Å²) in [7, 11) is 0. The van der Waals surface area contributed by atoms with Gasteiger partial charge in [-0.15, -0.1) is 0 Å². The molecule has 0 heterocycles. The Hall–Kier alpha value is -0.550. The van der Waals surface area contributed by atoms with Crippen LogP contribution in [0, 0.1) is 16.7 Å². The minimum atomic E-state index is -0.150. The largest absolute Gasteiger partial charge is 0.393 e. The summed E-state index contributed by atoms with van der Waals surface area (Å²) in [4.78, 5) is 0. The van der Waals surface area contributed by atoms with E-state index < -0.39 is 0 Å². The first-order chi connectivity index (χ1) is 5.72. The minimum absolute atomic E-state index is 0.103. The zero-order valence-corrected chi connectivity index (χ0v) is 7.71. The Labute approximate surface area is 74.2 Å². The molecule has 0 saturated heterocycles. The van der Waals surface area contributed by atoms with E-state index in [-0.39, 0.29) is 11.5 Å². The van der Waals surface area contributed by atoms with Crippen molar-refractivity contribution in [1.29, 1.82) is 5.26 Å². The van der Waals surface area contributed by atoms with Crippen LogP contribution in [-0.2, 0) is 0 Å². The average molecular weight is 167 g/mol. The highest BCUT2D eigenvalue weighted by atomic mass is 16.3. The van der Waals surface area contributed by atoms with Crippen molar-refractivity contribution in [2.45, 2.75) is 51.6 Å². The molecule has 1 N–H and O–H groups in total. The molecule has 1 aliphatic carbocycles. The van der Waals surface area contributed by atoms with Crippen molar-refractivity contribution >= 4 is 0 Å². The van der Waals surface area contributed by atoms with E-state index >= 15 is 0 Å². The summed E-state index contributed by atoms with van der Waals surface area (Å²) in [5, 5.41) is 18.3. The normalized spacial score (nSPS) is 35.9. The average Bonchev–Trinajstić information content (AvgIpc) is 2.10. The molecule has 2 nitrogen and oxygen atoms in total. The van der Waals surface area contributed by atoms with E-state index in [2.05, 4.69) is 13.0 Å². The highest BCUT2D eigenvalue weighted by Crippen LogP contribution is 2.39. The van der Waals surface area contributed by atoms with Crippen LogP contribution in [0.15, 0.2) is 0 Å². The molecule has 0 spiro atoms. The van der Waals surface area contributed by atoms with E-state index in [0.717, 1.165) is 38.5 Å². The molecule has 1 fully saturated rings. The first-order valence-corrected chi connectivity index (χ1v) is 4.82. The molecule has 0 radical (unpaired) electrons. The van der Waals surface area contributed by atoms with Gasteiger partial charge in [0.25, 0.3) is 0 Å². The van der Waals surface area contributed by atoms with Gasteiger partial charge in [-0.05, 0) is 32.1 Å². The van der Waals surface area contributed by atoms with Gasteiger partial charge in [-0.3, -0.25) is 0 Å². The number of nitriles is 1. The summed E-state index contributed by atoms with van der Waals surface area (Å²) in [5.74, 6) is 0. The van der Waals surface area contributed by atoms with Crippen LogP contribution in [0.2, 0.25) is 0 Å². The van der Waals surface area contributed by atoms with Crippen LogP contribution in [0.1, 0.15) is 45.4 Å². The Bertz CT molecular complexity index is 175. The maximum absolute atomic E-state index is 9.30. The third-order valence-electron chi connectivity index (χ3n) is 2.88. The zero-order chi connectivity index (χ0) is 9.03. The van der Waals surface area contributed by atoms with Crippen LogP contribution in [0.3, 0.4) is 0 Å². The predicted octanol–water partition coefficient (Wildman–Crippen LogP) is 2.23. The maximum Gasteiger partial charge on any atom is 0.0689 e. The number of nitrogens with zero attached hydrogens (tertiary/aromatic N) is 1. The monoisotopic (exact) mass is 167 g/mol. The Morgan fingerprint density at radius 1 is 1.50 bits per heavy atom. The SMILES string of the molecule is CCC[C@]1(C#N)CC[C@@H](O)CC1. The van der Waals surface area contributed by atoms with Crippen molar-refractivity contribution in [3.8, 4) is 6.07 Å². The van der Waals surface area contributed by atoms with Gasteiger partial charge in [-0.1, -0.05) is 13.3 Å². The molecular formula is C10H17NO. The quantitative estimate of drug-likeness (QED) is 0.685. The second kappa shape index (κ2) is 3.91. The number of hydrogen-bond acceptors (Lipinski definition) is 2. The van der Waals surface area contributed by atoms with Gasteiger partial charge in [0.05, 0.1) is 17.6 Å². The Morgan fingerprint density at radius 2 is 2.08 bits per heavy atom. The molecule has 0 bridgehead atoms. The summed E-state index contributed by atoms with van der Waals surface area (Å²) in [5.41, 5.74) is -0.103. The third-order valence-corrected chi connectivity index (χ3v) is 2.88. The van der Waals surface area contributed by atoms with Crippen LogP contribution in [-0.4, -0.2) is 11.2 Å². The Kier molecular flexibility index (Phi) is 3.11. The van der Waals surface area contributed by atoms with E-state index in [0.29, 0.717) is 0 Å². The zero-order valence-electron chi connectivity index (χ0n) is 7.71. The summed E-state index contributed by atoms with van der Waals surface area (Å²) in [6.07, 6.45) is 5.32. The minimum Gasteiger partial charge on any atom is -0.393 e. The molecule has 0 aromatic carbocycles. The molecule has 0 aromatic heterocycles. The highest BCUT2D eigenvalue weighted by molar-refractivity contribution is 5.01. The van der Waals surface area contributed by atoms with Gasteiger partial charge in [0, 0.05) is 0 Å². The second-order valence-corrected chi connectivity index (χ2v) is 3.87. The molecule has 1 aliphatic rings. The predicted molar refractivity (Wildman–Crippen MR) is 47.4 cm³/mol. The standard InChI is InChI=1S/C10H17NO/c1-2-5-10(8-11)6-3-9(12)4-7-10/h9,12H,2-7H2,1H3/t9-,10+. The highest BCUT2D eigenvalue weighted by Gasteiger charge is 2.33. The number of aliphatic hydroxyl groups is 1. The molecule has 0 unspecified atom stereocenters. The topological polar surface area (TPSA) is 44.0 Å². The summed E-state index contributed by atoms with van der Waals surface area (Å²) >= 11 is 0. The Balaban J connectivity index is 2.52. The summed E-state index contributed by atoms with van der Waals surface area (Å²) in [6.45, 7) is 2.12. The number of rotatable bonds is 2. The van der Waals surface area contributed by atoms with Gasteiger partial charge in [-0.25, -0.2) is 0 Å². The van der Waals surface area contributed by atoms with Crippen molar-refractivity contribution in [2.75, 3.05) is 0 Å². The van der Waals surface area contributed by atoms with Crippen molar-refractivity contribution in [3.05, 3.63) is 0 Å². The number of aliphatic hydroxyl groups excluding tert-OH is 1. The fraction of sp³-hybridized carbons (Fsp3) is 0.900. The molecular weight excluding hydrogens is 150 g/mol. The van der Waals surface area contributed by atoms with Gasteiger partial charge in [0.2, 0.25) is 0 Å². The molecule has 0 atom stereocenters. The molecule has 0 aliphatic heterocycles. The van der Waals surface area contributed by atoms with E-state index in [9.17, 15) is 5.11 Å². The van der Waals surface area contributed by atoms with Gasteiger partial charge >= 0.3 is 0 Å². The molecule has 0 aromatic rings. The second-order valence-electron chi connectivity index (χ2n) is 3.87. The van der Waals surface area contributed by atoms with Gasteiger partial charge in [0.1, 0.15) is 0 Å². The van der Waals surface area contributed by atoms with Crippen molar-refractivity contribution in [1.82, 2.24) is 0 Å². The molecule has 68 valence electrons. The number of hydrogen-bond donors (Lipinski definition) is 1. The molecule has 12 heavy (non-hydrogen) atoms. The lowest BCUT2D eigenvalue weighted by Crippen LogP contribution is -2.28. The van der Waals surface area contributed by atoms with Crippen molar-refractivity contribution < 1.29 is 5.11 Å². The van der Waals surface area contributed by atoms with Gasteiger partial charge < -0.3 is 5.11 Å². The first kappa shape index (κ1) is 9.54. The van der Waals surface area contributed by atoms with Crippen LogP contribution in [0.4, 0.5) is 0 Å². The van der Waals surface area contributed by atoms with Gasteiger partial charge in [-0.2, -0.15) is 5.26 Å². The summed E-state index contributed by atoms with van der Waals surface area (Å²) < 4.78 is 0. The maximum atomic E-state index is 9.30. The van der Waals surface area contributed by atoms with E-state index in [1.807, 2.05) is 0 Å². The lowest BCUT2D eigenvalue weighted by molar-refractivity contribution is 0.0832. The van der Waals surface area contributed by atoms with Crippen LogP contribution in [0.25, 0.3) is 0 Å². The molecule has 2 heteroatoms. The first-order valence-electron chi connectivity index (χ1n) is 4.82.